The van der Waals surface area contributed by atoms with Gasteiger partial charge in [-0.1, -0.05) is 0 Å². The van der Waals surface area contributed by atoms with Crippen molar-refractivity contribution >= 4 is 0 Å². The molecule has 0 bridgehead atoms. The van der Waals surface area contributed by atoms with E-state index in [9.17, 15) is 4.39 Å². The molecule has 2 heterocycles. The van der Waals surface area contributed by atoms with E-state index in [1.165, 1.54) is 0 Å². The zero-order chi connectivity index (χ0) is 8.55. The number of rotatable bonds is 2. The van der Waals surface area contributed by atoms with Crippen molar-refractivity contribution in [1.82, 2.24) is 14.7 Å². The molecule has 4 heteroatoms. The van der Waals surface area contributed by atoms with Crippen LogP contribution in [0.1, 0.15) is 5.69 Å². The molecule has 0 atom stereocenters. The molecule has 0 aromatic carbocycles. The lowest BCUT2D eigenvalue weighted by Gasteiger charge is -2.33. The number of hydrogen-bond acceptors (Lipinski definition) is 2. The fourth-order valence-corrected chi connectivity index (χ4v) is 1.41. The van der Waals surface area contributed by atoms with E-state index in [1.54, 1.807) is 4.68 Å². The Morgan fingerprint density at radius 3 is 2.92 bits per heavy atom. The van der Waals surface area contributed by atoms with E-state index in [1.807, 2.05) is 24.2 Å². The van der Waals surface area contributed by atoms with Crippen molar-refractivity contribution in [2.45, 2.75) is 12.7 Å². The average Bonchev–Trinajstić information content (AvgIpc) is 2.33. The predicted molar refractivity (Wildman–Crippen MR) is 43.4 cm³/mol. The van der Waals surface area contributed by atoms with Gasteiger partial charge in [-0.15, -0.1) is 0 Å². The lowest BCUT2D eigenvalue weighted by molar-refractivity contribution is 0.0579. The maximum absolute atomic E-state index is 12.4. The molecule has 1 aliphatic rings. The molecule has 66 valence electrons. The second-order valence-electron chi connectivity index (χ2n) is 3.27. The standard InChI is InChI=1S/C8H12FN3/c1-11-3-2-8(10-11)6-12-4-7(9)5-12/h2-3,7H,4-6H2,1H3. The Kier molecular flexibility index (Phi) is 1.84. The van der Waals surface area contributed by atoms with Gasteiger partial charge in [-0.2, -0.15) is 5.10 Å². The van der Waals surface area contributed by atoms with Crippen molar-refractivity contribution < 1.29 is 4.39 Å². The molecule has 1 aromatic rings. The molecule has 12 heavy (non-hydrogen) atoms. The SMILES string of the molecule is Cn1ccc(CN2CC(F)C2)n1. The van der Waals surface area contributed by atoms with Crippen molar-refractivity contribution in [2.75, 3.05) is 13.1 Å². The molecule has 0 N–H and O–H groups in total. The van der Waals surface area contributed by atoms with Gasteiger partial charge >= 0.3 is 0 Å². The first-order valence-corrected chi connectivity index (χ1v) is 4.09. The Hall–Kier alpha value is -0.900. The number of halogens is 1. The summed E-state index contributed by atoms with van der Waals surface area (Å²) in [6.45, 7) is 1.91. The van der Waals surface area contributed by atoms with E-state index >= 15 is 0 Å². The van der Waals surface area contributed by atoms with E-state index in [0.717, 1.165) is 12.2 Å². The van der Waals surface area contributed by atoms with Gasteiger partial charge in [0.1, 0.15) is 6.17 Å². The molecule has 1 saturated heterocycles. The molecule has 0 unspecified atom stereocenters. The predicted octanol–water partition coefficient (Wildman–Crippen LogP) is 0.574. The van der Waals surface area contributed by atoms with Gasteiger partial charge in [-0.3, -0.25) is 9.58 Å². The number of nitrogens with zero attached hydrogens (tertiary/aromatic N) is 3. The molecule has 0 radical (unpaired) electrons. The lowest BCUT2D eigenvalue weighted by atomic mass is 10.2. The number of aromatic nitrogens is 2. The van der Waals surface area contributed by atoms with E-state index < -0.39 is 6.17 Å². The van der Waals surface area contributed by atoms with Gasteiger partial charge in [0.25, 0.3) is 0 Å². The summed E-state index contributed by atoms with van der Waals surface area (Å²) in [6, 6.07) is 1.96. The normalized spacial score (nSPS) is 19.5. The van der Waals surface area contributed by atoms with Crippen LogP contribution in [0.4, 0.5) is 4.39 Å². The Morgan fingerprint density at radius 1 is 1.67 bits per heavy atom. The molecule has 0 saturated carbocycles. The van der Waals surface area contributed by atoms with Gasteiger partial charge in [0.15, 0.2) is 0 Å². The fourth-order valence-electron chi connectivity index (χ4n) is 1.41. The average molecular weight is 169 g/mol. The van der Waals surface area contributed by atoms with Gasteiger partial charge in [0, 0.05) is 32.9 Å². The third-order valence-corrected chi connectivity index (χ3v) is 2.07. The quantitative estimate of drug-likeness (QED) is 0.645. The third kappa shape index (κ3) is 1.48. The highest BCUT2D eigenvalue weighted by atomic mass is 19.1. The molecule has 1 aromatic heterocycles. The van der Waals surface area contributed by atoms with Crippen molar-refractivity contribution in [3.05, 3.63) is 18.0 Å². The van der Waals surface area contributed by atoms with Crippen molar-refractivity contribution in [1.29, 1.82) is 0 Å². The van der Waals surface area contributed by atoms with Gasteiger partial charge in [0.05, 0.1) is 5.69 Å². The van der Waals surface area contributed by atoms with Crippen LogP contribution < -0.4 is 0 Å². The van der Waals surface area contributed by atoms with Crippen molar-refractivity contribution in [2.24, 2.45) is 7.05 Å². The van der Waals surface area contributed by atoms with Gasteiger partial charge in [0.2, 0.25) is 0 Å². The van der Waals surface area contributed by atoms with E-state index in [0.29, 0.717) is 13.1 Å². The second-order valence-corrected chi connectivity index (χ2v) is 3.27. The zero-order valence-corrected chi connectivity index (χ0v) is 7.07. The second kappa shape index (κ2) is 2.86. The van der Waals surface area contributed by atoms with Crippen LogP contribution >= 0.6 is 0 Å². The van der Waals surface area contributed by atoms with Crippen LogP contribution in [0.25, 0.3) is 0 Å². The number of alkyl halides is 1. The Morgan fingerprint density at radius 2 is 2.42 bits per heavy atom. The maximum atomic E-state index is 12.4. The monoisotopic (exact) mass is 169 g/mol. The molecule has 3 nitrogen and oxygen atoms in total. The van der Waals surface area contributed by atoms with Gasteiger partial charge in [-0.25, -0.2) is 4.39 Å². The molecular weight excluding hydrogens is 157 g/mol. The molecule has 0 aliphatic carbocycles. The summed E-state index contributed by atoms with van der Waals surface area (Å²) in [5.74, 6) is 0. The van der Waals surface area contributed by atoms with Gasteiger partial charge in [-0.05, 0) is 6.07 Å². The highest BCUT2D eigenvalue weighted by molar-refractivity contribution is 5.00. The van der Waals surface area contributed by atoms with E-state index in [-0.39, 0.29) is 0 Å². The van der Waals surface area contributed by atoms with E-state index in [2.05, 4.69) is 5.10 Å². The summed E-state index contributed by atoms with van der Waals surface area (Å²) < 4.78 is 14.2. The first kappa shape index (κ1) is 7.73. The van der Waals surface area contributed by atoms with Gasteiger partial charge < -0.3 is 0 Å². The minimum atomic E-state index is -0.617. The largest absolute Gasteiger partial charge is 0.292 e. The summed E-state index contributed by atoms with van der Waals surface area (Å²) in [4.78, 5) is 2.05. The van der Waals surface area contributed by atoms with Crippen molar-refractivity contribution in [3.8, 4) is 0 Å². The highest BCUT2D eigenvalue weighted by Crippen LogP contribution is 2.13. The fraction of sp³-hybridized carbons (Fsp3) is 0.625. The van der Waals surface area contributed by atoms with Crippen LogP contribution in [0.15, 0.2) is 12.3 Å². The smallest absolute Gasteiger partial charge is 0.125 e. The lowest BCUT2D eigenvalue weighted by Crippen LogP contribution is -2.47. The topological polar surface area (TPSA) is 21.1 Å². The molecule has 1 fully saturated rings. The van der Waals surface area contributed by atoms with Crippen LogP contribution in [0.2, 0.25) is 0 Å². The maximum Gasteiger partial charge on any atom is 0.125 e. The number of likely N-dealkylation sites (tertiary alicyclic amines) is 1. The number of hydrogen-bond donors (Lipinski definition) is 0. The Labute approximate surface area is 70.8 Å². The molecular formula is C8H12FN3. The molecule has 1 aliphatic heterocycles. The molecule has 2 rings (SSSR count). The van der Waals surface area contributed by atoms with Crippen LogP contribution in [0.5, 0.6) is 0 Å². The van der Waals surface area contributed by atoms with Crippen LogP contribution in [0.3, 0.4) is 0 Å². The Balaban J connectivity index is 1.88. The number of aryl methyl sites for hydroxylation is 1. The first-order chi connectivity index (χ1) is 5.74. The van der Waals surface area contributed by atoms with Crippen molar-refractivity contribution in [3.63, 3.8) is 0 Å². The van der Waals surface area contributed by atoms with E-state index in [4.69, 9.17) is 0 Å². The summed E-state index contributed by atoms with van der Waals surface area (Å²) in [5.41, 5.74) is 1.02. The zero-order valence-electron chi connectivity index (χ0n) is 7.07. The first-order valence-electron chi connectivity index (χ1n) is 4.09. The van der Waals surface area contributed by atoms with Crippen LogP contribution in [-0.4, -0.2) is 33.9 Å². The minimum Gasteiger partial charge on any atom is -0.292 e. The third-order valence-electron chi connectivity index (χ3n) is 2.07. The Bertz CT molecular complexity index is 265. The summed E-state index contributed by atoms with van der Waals surface area (Å²) in [7, 11) is 1.89. The summed E-state index contributed by atoms with van der Waals surface area (Å²) >= 11 is 0. The summed E-state index contributed by atoms with van der Waals surface area (Å²) in [5, 5.41) is 4.21. The molecule has 0 amide bonds. The summed E-state index contributed by atoms with van der Waals surface area (Å²) in [6.07, 6.45) is 1.29. The molecule has 0 spiro atoms. The minimum absolute atomic E-state index is 0.566. The highest BCUT2D eigenvalue weighted by Gasteiger charge is 2.26. The van der Waals surface area contributed by atoms with Crippen LogP contribution in [0, 0.1) is 0 Å². The van der Waals surface area contributed by atoms with Crippen LogP contribution in [-0.2, 0) is 13.6 Å².